The third-order valence-corrected chi connectivity index (χ3v) is 3.36. The highest BCUT2D eigenvalue weighted by Crippen LogP contribution is 2.31. The highest BCUT2D eigenvalue weighted by molar-refractivity contribution is 6.29. The number of aliphatic hydroxyl groups is 1. The van der Waals surface area contributed by atoms with Crippen molar-refractivity contribution in [1.29, 1.82) is 0 Å². The molecular formula is C13H11ClN2O3. The van der Waals surface area contributed by atoms with Gasteiger partial charge in [-0.25, -0.2) is 4.79 Å². The Morgan fingerprint density at radius 2 is 2.26 bits per heavy atom. The van der Waals surface area contributed by atoms with Crippen LogP contribution in [0.15, 0.2) is 29.1 Å². The summed E-state index contributed by atoms with van der Waals surface area (Å²) in [5.41, 5.74) is 2.44. The number of aryl methyl sites for hydroxylation is 1. The van der Waals surface area contributed by atoms with Crippen molar-refractivity contribution in [3.8, 4) is 17.0 Å². The van der Waals surface area contributed by atoms with Crippen molar-refractivity contribution in [2.45, 2.75) is 13.0 Å². The topological polar surface area (TPSA) is 64.4 Å². The van der Waals surface area contributed by atoms with Crippen molar-refractivity contribution in [2.75, 3.05) is 6.79 Å². The Morgan fingerprint density at radius 1 is 1.42 bits per heavy atom. The molecule has 1 aromatic carbocycles. The van der Waals surface area contributed by atoms with E-state index in [-0.39, 0.29) is 17.6 Å². The fourth-order valence-electron chi connectivity index (χ4n) is 2.34. The number of halogens is 1. The summed E-state index contributed by atoms with van der Waals surface area (Å²) in [5.74, 6) is 0.609. The molecule has 0 unspecified atom stereocenters. The molecule has 0 radical (unpaired) electrons. The van der Waals surface area contributed by atoms with E-state index >= 15 is 0 Å². The van der Waals surface area contributed by atoms with Gasteiger partial charge in [0.15, 0.2) is 6.79 Å². The Hall–Kier alpha value is -1.85. The number of nitrogens with zero attached hydrogens (tertiary/aromatic N) is 2. The molecule has 19 heavy (non-hydrogen) atoms. The van der Waals surface area contributed by atoms with Crippen molar-refractivity contribution in [3.05, 3.63) is 45.5 Å². The van der Waals surface area contributed by atoms with E-state index in [1.165, 1.54) is 0 Å². The number of rotatable bonds is 2. The third-order valence-electron chi connectivity index (χ3n) is 3.17. The molecule has 3 rings (SSSR count). The smallest absolute Gasteiger partial charge is 0.349 e. The average Bonchev–Trinajstić information content (AvgIpc) is 2.38. The van der Waals surface area contributed by atoms with Crippen molar-refractivity contribution in [1.82, 2.24) is 9.55 Å². The maximum absolute atomic E-state index is 11.8. The zero-order valence-electron chi connectivity index (χ0n) is 9.97. The van der Waals surface area contributed by atoms with E-state index < -0.39 is 0 Å². The van der Waals surface area contributed by atoms with Crippen molar-refractivity contribution in [3.63, 3.8) is 0 Å². The van der Waals surface area contributed by atoms with Gasteiger partial charge in [0.05, 0.1) is 5.69 Å². The van der Waals surface area contributed by atoms with Gasteiger partial charge in [-0.3, -0.25) is 4.57 Å². The molecule has 0 spiro atoms. The number of benzene rings is 1. The van der Waals surface area contributed by atoms with Gasteiger partial charge in [0.1, 0.15) is 10.9 Å². The zero-order valence-corrected chi connectivity index (χ0v) is 10.7. The Bertz CT molecular complexity index is 697. The Morgan fingerprint density at radius 3 is 3.05 bits per heavy atom. The number of fused-ring (bicyclic) bond motifs is 3. The third kappa shape index (κ3) is 2.11. The lowest BCUT2D eigenvalue weighted by molar-refractivity contribution is 0.0985. The van der Waals surface area contributed by atoms with Gasteiger partial charge in [0.2, 0.25) is 0 Å². The molecule has 0 saturated heterocycles. The molecule has 1 aliphatic rings. The van der Waals surface area contributed by atoms with Crippen LogP contribution in [-0.2, 0) is 13.0 Å². The molecule has 5 nitrogen and oxygen atoms in total. The molecule has 0 aliphatic carbocycles. The Labute approximate surface area is 114 Å². The number of hydrogen-bond acceptors (Lipinski definition) is 4. The molecule has 0 saturated carbocycles. The maximum Gasteiger partial charge on any atom is 0.349 e. The predicted molar refractivity (Wildman–Crippen MR) is 70.4 cm³/mol. The first-order chi connectivity index (χ1) is 9.19. The second kappa shape index (κ2) is 4.68. The molecule has 6 heteroatoms. The minimum absolute atomic E-state index is 0.194. The van der Waals surface area contributed by atoms with E-state index in [1.54, 1.807) is 16.7 Å². The normalized spacial score (nSPS) is 12.7. The van der Waals surface area contributed by atoms with Crippen LogP contribution in [0.2, 0.25) is 5.15 Å². The van der Waals surface area contributed by atoms with Crippen molar-refractivity contribution < 1.29 is 9.84 Å². The largest absolute Gasteiger partial charge is 0.468 e. The minimum Gasteiger partial charge on any atom is -0.468 e. The lowest BCUT2D eigenvalue weighted by Gasteiger charge is -2.21. The number of aliphatic hydroxyl groups excluding tert-OH is 1. The molecule has 0 amide bonds. The van der Waals surface area contributed by atoms with Crippen LogP contribution in [0.4, 0.5) is 0 Å². The summed E-state index contributed by atoms with van der Waals surface area (Å²) >= 11 is 5.85. The fourth-order valence-corrected chi connectivity index (χ4v) is 2.52. The monoisotopic (exact) mass is 278 g/mol. The Kier molecular flexibility index (Phi) is 3.00. The average molecular weight is 279 g/mol. The molecule has 1 aliphatic heterocycles. The number of ether oxygens (including phenoxy) is 1. The molecule has 1 aromatic heterocycles. The van der Waals surface area contributed by atoms with Crippen LogP contribution in [0, 0.1) is 0 Å². The zero-order chi connectivity index (χ0) is 13.4. The van der Waals surface area contributed by atoms with Crippen LogP contribution >= 0.6 is 11.6 Å². The van der Waals surface area contributed by atoms with Gasteiger partial charge in [-0.05, 0) is 30.2 Å². The van der Waals surface area contributed by atoms with Crippen LogP contribution < -0.4 is 10.4 Å². The van der Waals surface area contributed by atoms with Crippen molar-refractivity contribution in [2.24, 2.45) is 0 Å². The molecule has 0 bridgehead atoms. The summed E-state index contributed by atoms with van der Waals surface area (Å²) in [6.07, 6.45) is 0.716. The maximum atomic E-state index is 11.8. The quantitative estimate of drug-likeness (QED) is 0.667. The van der Waals surface area contributed by atoms with Gasteiger partial charge in [0.25, 0.3) is 0 Å². The first-order valence-electron chi connectivity index (χ1n) is 5.83. The molecule has 2 heterocycles. The second-order valence-corrected chi connectivity index (χ2v) is 4.63. The standard InChI is InChI=1S/C13H11ClN2O3/c14-12-6-11-10-2-1-9(19-7-17)5-8(10)3-4-16(11)13(18)15-12/h1-2,5-6,17H,3-4,7H2. The van der Waals surface area contributed by atoms with Crippen LogP contribution in [0.3, 0.4) is 0 Å². The van der Waals surface area contributed by atoms with Gasteiger partial charge in [-0.15, -0.1) is 0 Å². The van der Waals surface area contributed by atoms with Gasteiger partial charge in [-0.1, -0.05) is 11.6 Å². The van der Waals surface area contributed by atoms with Crippen molar-refractivity contribution >= 4 is 11.6 Å². The van der Waals surface area contributed by atoms with E-state index in [2.05, 4.69) is 4.98 Å². The fraction of sp³-hybridized carbons (Fsp3) is 0.231. The molecule has 0 atom stereocenters. The molecule has 98 valence electrons. The molecular weight excluding hydrogens is 268 g/mol. The van der Waals surface area contributed by atoms with Gasteiger partial charge in [0, 0.05) is 18.2 Å². The van der Waals surface area contributed by atoms with E-state index in [0.717, 1.165) is 16.8 Å². The lowest BCUT2D eigenvalue weighted by Crippen LogP contribution is -2.28. The molecule has 2 aromatic rings. The highest BCUT2D eigenvalue weighted by atomic mass is 35.5. The van der Waals surface area contributed by atoms with E-state index in [0.29, 0.717) is 18.7 Å². The SMILES string of the molecule is O=c1nc(Cl)cc2n1CCc1cc(OCO)ccc1-2. The molecule has 1 N–H and O–H groups in total. The first kappa shape index (κ1) is 12.2. The van der Waals surface area contributed by atoms with Crippen LogP contribution in [0.25, 0.3) is 11.3 Å². The highest BCUT2D eigenvalue weighted by Gasteiger charge is 2.18. The second-order valence-electron chi connectivity index (χ2n) is 4.24. The molecule has 0 fully saturated rings. The summed E-state index contributed by atoms with van der Waals surface area (Å²) in [4.78, 5) is 15.5. The summed E-state index contributed by atoms with van der Waals surface area (Å²) in [5, 5.41) is 8.96. The van der Waals surface area contributed by atoms with Crippen LogP contribution in [-0.4, -0.2) is 21.5 Å². The first-order valence-corrected chi connectivity index (χ1v) is 6.21. The van der Waals surface area contributed by atoms with Gasteiger partial charge in [-0.2, -0.15) is 4.98 Å². The number of aromatic nitrogens is 2. The van der Waals surface area contributed by atoms with Gasteiger partial charge >= 0.3 is 5.69 Å². The number of hydrogen-bond donors (Lipinski definition) is 1. The van der Waals surface area contributed by atoms with E-state index in [1.807, 2.05) is 12.1 Å². The Balaban J connectivity index is 2.16. The van der Waals surface area contributed by atoms with E-state index in [4.69, 9.17) is 21.4 Å². The van der Waals surface area contributed by atoms with Crippen LogP contribution in [0.5, 0.6) is 5.75 Å². The summed E-state index contributed by atoms with van der Waals surface area (Å²) in [6.45, 7) is 0.207. The van der Waals surface area contributed by atoms with Gasteiger partial charge < -0.3 is 9.84 Å². The van der Waals surface area contributed by atoms with E-state index in [9.17, 15) is 4.79 Å². The summed E-state index contributed by atoms with van der Waals surface area (Å²) in [6, 6.07) is 7.17. The lowest BCUT2D eigenvalue weighted by atomic mass is 9.97. The predicted octanol–water partition coefficient (Wildman–Crippen LogP) is 1.45. The summed E-state index contributed by atoms with van der Waals surface area (Å²) in [7, 11) is 0. The minimum atomic E-state index is -0.357. The summed E-state index contributed by atoms with van der Waals surface area (Å²) < 4.78 is 6.67. The van der Waals surface area contributed by atoms with Crippen LogP contribution in [0.1, 0.15) is 5.56 Å².